The topological polar surface area (TPSA) is 59.1 Å². The number of nitrogens with one attached hydrogen (secondary N) is 1. The lowest BCUT2D eigenvalue weighted by Crippen LogP contribution is -2.28. The van der Waals surface area contributed by atoms with Crippen LogP contribution in [0.2, 0.25) is 0 Å². The summed E-state index contributed by atoms with van der Waals surface area (Å²) >= 11 is 0. The highest BCUT2D eigenvalue weighted by molar-refractivity contribution is 5.67. The van der Waals surface area contributed by atoms with Gasteiger partial charge >= 0.3 is 0 Å². The molecular weight excluding hydrogens is 104 g/mol. The van der Waals surface area contributed by atoms with Gasteiger partial charge in [-0.25, -0.2) is 0 Å². The van der Waals surface area contributed by atoms with Crippen molar-refractivity contribution < 1.29 is 4.74 Å². The van der Waals surface area contributed by atoms with Gasteiger partial charge in [0.05, 0.1) is 0 Å². The van der Waals surface area contributed by atoms with E-state index in [-0.39, 0.29) is 11.6 Å². The minimum atomic E-state index is -0.328. The Labute approximate surface area is 49.3 Å². The summed E-state index contributed by atoms with van der Waals surface area (Å²) in [6.45, 7) is 5.52. The molecule has 0 aromatic carbocycles. The second kappa shape index (κ2) is 2.03. The Morgan fingerprint density at radius 3 is 1.88 bits per heavy atom. The minimum Gasteiger partial charge on any atom is -0.460 e. The summed E-state index contributed by atoms with van der Waals surface area (Å²) in [6, 6.07) is -0.225. The molecule has 0 fully saturated rings. The SMILES string of the molecule is CC(C)(C)OC(=N)N. The first-order chi connectivity index (χ1) is 3.42. The summed E-state index contributed by atoms with van der Waals surface area (Å²) in [5, 5.41) is 6.71. The lowest BCUT2D eigenvalue weighted by Gasteiger charge is -2.18. The summed E-state index contributed by atoms with van der Waals surface area (Å²) in [5.74, 6) is 0. The molecule has 0 aliphatic heterocycles. The van der Waals surface area contributed by atoms with Gasteiger partial charge in [0.25, 0.3) is 6.02 Å². The van der Waals surface area contributed by atoms with Crippen LogP contribution in [0.15, 0.2) is 0 Å². The van der Waals surface area contributed by atoms with Crippen molar-refractivity contribution in [3.8, 4) is 0 Å². The molecule has 0 radical (unpaired) electrons. The van der Waals surface area contributed by atoms with Crippen molar-refractivity contribution in [3.05, 3.63) is 0 Å². The minimum absolute atomic E-state index is 0.225. The van der Waals surface area contributed by atoms with E-state index < -0.39 is 0 Å². The molecule has 48 valence electrons. The molecule has 0 saturated carbocycles. The zero-order valence-electron chi connectivity index (χ0n) is 5.49. The monoisotopic (exact) mass is 116 g/mol. The van der Waals surface area contributed by atoms with E-state index >= 15 is 0 Å². The lowest BCUT2D eigenvalue weighted by molar-refractivity contribution is 0.112. The van der Waals surface area contributed by atoms with E-state index in [0.717, 1.165) is 0 Å². The molecule has 0 aromatic rings. The Morgan fingerprint density at radius 2 is 1.88 bits per heavy atom. The lowest BCUT2D eigenvalue weighted by atomic mass is 10.2. The molecule has 0 spiro atoms. The van der Waals surface area contributed by atoms with E-state index in [0.29, 0.717) is 0 Å². The average molecular weight is 116 g/mol. The molecule has 3 N–H and O–H groups in total. The predicted molar refractivity (Wildman–Crippen MR) is 32.8 cm³/mol. The quantitative estimate of drug-likeness (QED) is 0.361. The molecule has 0 aromatic heterocycles. The first kappa shape index (κ1) is 7.27. The van der Waals surface area contributed by atoms with Gasteiger partial charge in [0.1, 0.15) is 5.60 Å². The van der Waals surface area contributed by atoms with Crippen LogP contribution in [-0.2, 0) is 4.74 Å². The summed E-state index contributed by atoms with van der Waals surface area (Å²) in [5.41, 5.74) is 4.61. The zero-order valence-corrected chi connectivity index (χ0v) is 5.49. The number of amidine groups is 1. The van der Waals surface area contributed by atoms with Crippen molar-refractivity contribution in [1.82, 2.24) is 0 Å². The molecule has 0 amide bonds. The third-order valence-corrected chi connectivity index (χ3v) is 0.416. The van der Waals surface area contributed by atoms with Crippen LogP contribution in [0.4, 0.5) is 0 Å². The van der Waals surface area contributed by atoms with Crippen LogP contribution in [0.1, 0.15) is 20.8 Å². The number of rotatable bonds is 0. The molecule has 0 bridgehead atoms. The smallest absolute Gasteiger partial charge is 0.279 e. The molecule has 0 aliphatic carbocycles. The van der Waals surface area contributed by atoms with Gasteiger partial charge in [0.2, 0.25) is 0 Å². The third kappa shape index (κ3) is 5.27. The van der Waals surface area contributed by atoms with Gasteiger partial charge in [-0.1, -0.05) is 0 Å². The Kier molecular flexibility index (Phi) is 1.84. The average Bonchev–Trinajstić information content (AvgIpc) is 1.21. The van der Waals surface area contributed by atoms with Gasteiger partial charge in [-0.05, 0) is 20.8 Å². The van der Waals surface area contributed by atoms with Crippen molar-refractivity contribution in [3.63, 3.8) is 0 Å². The third-order valence-electron chi connectivity index (χ3n) is 0.416. The van der Waals surface area contributed by atoms with E-state index in [1.165, 1.54) is 0 Å². The van der Waals surface area contributed by atoms with Gasteiger partial charge in [0.15, 0.2) is 0 Å². The van der Waals surface area contributed by atoms with E-state index in [4.69, 9.17) is 15.9 Å². The summed E-state index contributed by atoms with van der Waals surface area (Å²) in [7, 11) is 0. The maximum atomic E-state index is 6.71. The molecule has 0 rings (SSSR count). The highest BCUT2D eigenvalue weighted by Gasteiger charge is 2.10. The number of hydrogen-bond donors (Lipinski definition) is 2. The van der Waals surface area contributed by atoms with Crippen molar-refractivity contribution >= 4 is 6.02 Å². The van der Waals surface area contributed by atoms with Crippen LogP contribution in [0.5, 0.6) is 0 Å². The first-order valence-electron chi connectivity index (χ1n) is 2.45. The molecule has 0 atom stereocenters. The van der Waals surface area contributed by atoms with Gasteiger partial charge in [-0.15, -0.1) is 0 Å². The summed E-state index contributed by atoms with van der Waals surface area (Å²) in [6.07, 6.45) is 0. The van der Waals surface area contributed by atoms with E-state index in [9.17, 15) is 0 Å². The predicted octanol–water partition coefficient (Wildman–Crippen LogP) is 0.695. The Balaban J connectivity index is 3.55. The Bertz CT molecular complexity index is 93.1. The van der Waals surface area contributed by atoms with Crippen molar-refractivity contribution in [1.29, 1.82) is 5.41 Å². The van der Waals surface area contributed by atoms with Crippen molar-refractivity contribution in [2.45, 2.75) is 26.4 Å². The molecule has 8 heavy (non-hydrogen) atoms. The van der Waals surface area contributed by atoms with E-state index in [1.807, 2.05) is 20.8 Å². The Morgan fingerprint density at radius 1 is 1.50 bits per heavy atom. The van der Waals surface area contributed by atoms with Crippen LogP contribution >= 0.6 is 0 Å². The highest BCUT2D eigenvalue weighted by Crippen LogP contribution is 2.04. The van der Waals surface area contributed by atoms with Crippen LogP contribution < -0.4 is 5.73 Å². The van der Waals surface area contributed by atoms with Gasteiger partial charge in [0, 0.05) is 0 Å². The van der Waals surface area contributed by atoms with Gasteiger partial charge < -0.3 is 10.5 Å². The molecular formula is C5H12N2O. The van der Waals surface area contributed by atoms with Crippen LogP contribution in [0, 0.1) is 5.41 Å². The molecule has 3 heteroatoms. The van der Waals surface area contributed by atoms with Crippen LogP contribution in [-0.4, -0.2) is 11.6 Å². The Hall–Kier alpha value is -0.730. The van der Waals surface area contributed by atoms with E-state index in [1.54, 1.807) is 0 Å². The normalized spacial score (nSPS) is 10.9. The summed E-state index contributed by atoms with van der Waals surface area (Å²) in [4.78, 5) is 0. The number of ether oxygens (including phenoxy) is 1. The summed E-state index contributed by atoms with van der Waals surface area (Å²) < 4.78 is 4.80. The maximum Gasteiger partial charge on any atom is 0.279 e. The van der Waals surface area contributed by atoms with Crippen molar-refractivity contribution in [2.24, 2.45) is 5.73 Å². The highest BCUT2D eigenvalue weighted by atomic mass is 16.5. The molecule has 0 aliphatic rings. The standard InChI is InChI=1S/C5H12N2O/c1-5(2,3)8-4(6)7/h1-3H3,(H3,6,7). The van der Waals surface area contributed by atoms with E-state index in [2.05, 4.69) is 0 Å². The van der Waals surface area contributed by atoms with Crippen LogP contribution in [0.25, 0.3) is 0 Å². The molecule has 0 heterocycles. The fourth-order valence-corrected chi connectivity index (χ4v) is 0.330. The second-order valence-corrected chi connectivity index (χ2v) is 2.58. The fraction of sp³-hybridized carbons (Fsp3) is 0.800. The maximum absolute atomic E-state index is 6.71. The molecule has 3 nitrogen and oxygen atoms in total. The van der Waals surface area contributed by atoms with Gasteiger partial charge in [-0.3, -0.25) is 5.41 Å². The van der Waals surface area contributed by atoms with Crippen LogP contribution in [0.3, 0.4) is 0 Å². The number of hydrogen-bond acceptors (Lipinski definition) is 2. The zero-order chi connectivity index (χ0) is 6.78. The van der Waals surface area contributed by atoms with Gasteiger partial charge in [-0.2, -0.15) is 0 Å². The number of nitrogens with two attached hydrogens (primary N) is 1. The fourth-order valence-electron chi connectivity index (χ4n) is 0.330. The first-order valence-corrected chi connectivity index (χ1v) is 2.45. The molecule has 0 saturated heterocycles. The largest absolute Gasteiger partial charge is 0.460 e. The molecule has 0 unspecified atom stereocenters. The second-order valence-electron chi connectivity index (χ2n) is 2.58. The van der Waals surface area contributed by atoms with Crippen molar-refractivity contribution in [2.75, 3.05) is 0 Å².